The first-order chi connectivity index (χ1) is 8.20. The maximum absolute atomic E-state index is 8.49. The van der Waals surface area contributed by atoms with E-state index in [4.69, 9.17) is 28.1 Å². The third-order valence-corrected chi connectivity index (χ3v) is 5.27. The summed E-state index contributed by atoms with van der Waals surface area (Å²) in [5.74, 6) is 1.95. The van der Waals surface area contributed by atoms with Crippen molar-refractivity contribution in [3.8, 4) is 11.5 Å². The molecule has 0 aromatic heterocycles. The van der Waals surface area contributed by atoms with E-state index in [1.54, 1.807) is 14.2 Å². The predicted octanol–water partition coefficient (Wildman–Crippen LogP) is -3.09. The van der Waals surface area contributed by atoms with E-state index in [0.717, 1.165) is 11.5 Å². The van der Waals surface area contributed by atoms with Crippen molar-refractivity contribution in [2.24, 2.45) is 0 Å². The number of rotatable bonds is 3. The Morgan fingerprint density at radius 1 is 0.944 bits per heavy atom. The van der Waals surface area contributed by atoms with E-state index in [1.807, 2.05) is 18.2 Å². The maximum Gasteiger partial charge on any atom is -0.112 e. The molecule has 0 amide bonds. The van der Waals surface area contributed by atoms with Gasteiger partial charge >= 0.3 is 86.5 Å². The Hall–Kier alpha value is -0.260. The number of methoxy groups -OCH3 is 2. The molecule has 104 valence electrons. The fourth-order valence-corrected chi connectivity index (χ4v) is 4.38. The van der Waals surface area contributed by atoms with Gasteiger partial charge < -0.3 is 0 Å². The molecule has 0 aliphatic heterocycles. The number of hydrogen-bond donors (Lipinski definition) is 0. The van der Waals surface area contributed by atoms with Crippen molar-refractivity contribution in [3.05, 3.63) is 18.2 Å². The van der Waals surface area contributed by atoms with E-state index >= 15 is 0 Å². The second kappa shape index (κ2) is 8.02. The van der Waals surface area contributed by atoms with Crippen molar-refractivity contribution >= 4 is 23.2 Å². The smallest absolute Gasteiger partial charge is 0.112 e. The van der Waals surface area contributed by atoms with E-state index in [0.29, 0.717) is 0 Å². The van der Waals surface area contributed by atoms with Crippen LogP contribution in [0.5, 0.6) is 11.5 Å². The SMILES string of the molecule is COc1cccc(OC)c1[Te+](C)C.[O-][Cl+3]([O-])([O-])[O-]. The van der Waals surface area contributed by atoms with Crippen LogP contribution in [0.3, 0.4) is 0 Å². The van der Waals surface area contributed by atoms with Gasteiger partial charge in [-0.25, -0.2) is 18.6 Å². The summed E-state index contributed by atoms with van der Waals surface area (Å²) in [4.78, 5) is 4.59. The summed E-state index contributed by atoms with van der Waals surface area (Å²) in [5, 5.41) is 0. The van der Waals surface area contributed by atoms with Crippen molar-refractivity contribution in [2.45, 2.75) is 9.94 Å². The van der Waals surface area contributed by atoms with Gasteiger partial charge in [-0.15, -0.1) is 10.2 Å². The summed E-state index contributed by atoms with van der Waals surface area (Å²) < 4.78 is 45.9. The molecule has 8 heteroatoms. The number of halogens is 1. The first-order valence-corrected chi connectivity index (χ1v) is 11.7. The van der Waals surface area contributed by atoms with Gasteiger partial charge in [0.2, 0.25) is 0 Å². The summed E-state index contributed by atoms with van der Waals surface area (Å²) in [6.07, 6.45) is 0. The normalized spacial score (nSPS) is 10.7. The summed E-state index contributed by atoms with van der Waals surface area (Å²) in [6.45, 7) is 0. The topological polar surface area (TPSA) is 111 Å². The van der Waals surface area contributed by atoms with Gasteiger partial charge in [-0.1, -0.05) is 0 Å². The molecular weight excluding hydrogens is 379 g/mol. The molecule has 1 rings (SSSR count). The number of hydrogen-bond acceptors (Lipinski definition) is 6. The predicted molar refractivity (Wildman–Crippen MR) is 56.7 cm³/mol. The molecule has 0 radical (unpaired) electrons. The molecule has 0 fully saturated rings. The van der Waals surface area contributed by atoms with E-state index in [9.17, 15) is 0 Å². The zero-order valence-corrected chi connectivity index (χ0v) is 13.6. The maximum atomic E-state index is 8.49. The van der Waals surface area contributed by atoms with Gasteiger partial charge in [0.1, 0.15) is 0 Å². The van der Waals surface area contributed by atoms with E-state index in [-0.39, 0.29) is 0 Å². The zero-order chi connectivity index (χ0) is 14.3. The molecule has 0 saturated heterocycles. The van der Waals surface area contributed by atoms with Crippen LogP contribution in [0.25, 0.3) is 0 Å². The summed E-state index contributed by atoms with van der Waals surface area (Å²) in [5.41, 5.74) is 0. The molecule has 0 bridgehead atoms. The Morgan fingerprint density at radius 2 is 1.28 bits per heavy atom. The quantitative estimate of drug-likeness (QED) is 0.503. The molecule has 0 heterocycles. The van der Waals surface area contributed by atoms with Crippen LogP contribution in [0.15, 0.2) is 18.2 Å². The molecule has 0 spiro atoms. The van der Waals surface area contributed by atoms with Gasteiger partial charge in [-0.3, -0.25) is 0 Å². The van der Waals surface area contributed by atoms with Crippen LogP contribution in [0, 0.1) is 10.2 Å². The van der Waals surface area contributed by atoms with Crippen LogP contribution in [-0.2, 0) is 0 Å². The molecule has 0 saturated carbocycles. The van der Waals surface area contributed by atoms with E-state index in [2.05, 4.69) is 9.94 Å². The van der Waals surface area contributed by atoms with Gasteiger partial charge in [-0.2, -0.15) is 0 Å². The summed E-state index contributed by atoms with van der Waals surface area (Å²) in [6, 6.07) is 5.96. The Morgan fingerprint density at radius 3 is 1.50 bits per heavy atom. The second-order valence-electron chi connectivity index (χ2n) is 3.19. The molecule has 1 aromatic carbocycles. The summed E-state index contributed by atoms with van der Waals surface area (Å²) in [7, 11) is -1.53. The minimum absolute atomic E-state index is 0.973. The van der Waals surface area contributed by atoms with Crippen LogP contribution < -0.4 is 31.7 Å². The van der Waals surface area contributed by atoms with Crippen LogP contribution in [0.4, 0.5) is 0 Å². The fourth-order valence-electron chi connectivity index (χ4n) is 1.22. The molecule has 18 heavy (non-hydrogen) atoms. The van der Waals surface area contributed by atoms with E-state index in [1.165, 1.54) is 3.61 Å². The standard InChI is InChI=1S/C10H15O2Te.ClHO4/c1-11-8-6-5-7-9(12-2)10(8)13(3)4;2-1(3,4)5/h5-7H,1-4H3;(H,2,3,4,5)/q+1;/p-1. The van der Waals surface area contributed by atoms with Crippen LogP contribution in [0.2, 0.25) is 9.94 Å². The van der Waals surface area contributed by atoms with Gasteiger partial charge in [-0.05, 0) is 0 Å². The first-order valence-electron chi connectivity index (χ1n) is 4.61. The fraction of sp³-hybridized carbons (Fsp3) is 0.400. The Kier molecular flexibility index (Phi) is 7.90. The monoisotopic (exact) mass is 396 g/mol. The molecule has 0 N–H and O–H groups in total. The minimum atomic E-state index is -4.94. The average Bonchev–Trinajstić information content (AvgIpc) is 2.25. The Balaban J connectivity index is 0.000000494. The number of ether oxygens (including phenoxy) is 2. The molecule has 0 unspecified atom stereocenters. The van der Waals surface area contributed by atoms with Gasteiger partial charge in [0, 0.05) is 0 Å². The first kappa shape index (κ1) is 17.7. The average molecular weight is 394 g/mol. The minimum Gasteiger partial charge on any atom is -0.222 e. The Labute approximate surface area is 115 Å². The van der Waals surface area contributed by atoms with Gasteiger partial charge in [0.15, 0.2) is 0 Å². The number of benzene rings is 1. The second-order valence-corrected chi connectivity index (χ2v) is 9.77. The molecule has 6 nitrogen and oxygen atoms in total. The van der Waals surface area contributed by atoms with Crippen molar-refractivity contribution in [2.75, 3.05) is 14.2 Å². The molecule has 0 aliphatic rings. The van der Waals surface area contributed by atoms with Crippen molar-refractivity contribution in [1.29, 1.82) is 0 Å². The van der Waals surface area contributed by atoms with Crippen molar-refractivity contribution in [1.82, 2.24) is 0 Å². The van der Waals surface area contributed by atoms with E-state index < -0.39 is 29.8 Å². The van der Waals surface area contributed by atoms with Crippen LogP contribution in [0.1, 0.15) is 0 Å². The molecule has 0 atom stereocenters. The molecule has 0 aliphatic carbocycles. The van der Waals surface area contributed by atoms with Crippen LogP contribution in [-0.4, -0.2) is 33.8 Å². The zero-order valence-electron chi connectivity index (χ0n) is 10.5. The van der Waals surface area contributed by atoms with Crippen molar-refractivity contribution < 1.29 is 38.4 Å². The summed E-state index contributed by atoms with van der Waals surface area (Å²) >= 11 is -1.18. The molecular formula is C10H15ClO6Te. The molecule has 1 aromatic rings. The van der Waals surface area contributed by atoms with Crippen molar-refractivity contribution in [3.63, 3.8) is 0 Å². The third-order valence-electron chi connectivity index (χ3n) is 1.79. The third kappa shape index (κ3) is 7.24. The van der Waals surface area contributed by atoms with Gasteiger partial charge in [0.25, 0.3) is 0 Å². The van der Waals surface area contributed by atoms with Crippen LogP contribution >= 0.6 is 0 Å². The largest absolute Gasteiger partial charge is 0.222 e. The van der Waals surface area contributed by atoms with Gasteiger partial charge in [0.05, 0.1) is 0 Å². The Bertz CT molecular complexity index is 338.